The Morgan fingerprint density at radius 1 is 1.19 bits per heavy atom. The van der Waals surface area contributed by atoms with Crippen LogP contribution in [0.4, 0.5) is 25.1 Å². The zero-order valence-corrected chi connectivity index (χ0v) is 29.1. The van der Waals surface area contributed by atoms with Gasteiger partial charge in [0.05, 0.1) is 30.1 Å². The van der Waals surface area contributed by atoms with E-state index >= 15 is 4.39 Å². The first-order valence-electron chi connectivity index (χ1n) is 17.3. The van der Waals surface area contributed by atoms with Crippen molar-refractivity contribution in [3.05, 3.63) is 39.3 Å². The molecular weight excluding hydrogens is 644 g/mol. The molecule has 4 aliphatic heterocycles. The Morgan fingerprint density at radius 3 is 2.83 bits per heavy atom. The summed E-state index contributed by atoms with van der Waals surface area (Å²) in [5.74, 6) is 0.117. The molecule has 1 spiro atoms. The molecule has 4 atom stereocenters. The monoisotopic (exact) mass is 689 g/mol. The van der Waals surface area contributed by atoms with Crippen LogP contribution in [0.25, 0.3) is 0 Å². The number of aromatic nitrogens is 2. The highest BCUT2D eigenvalue weighted by Crippen LogP contribution is 2.53. The summed E-state index contributed by atoms with van der Waals surface area (Å²) in [5.41, 5.74) is 0.340. The standard InChI is InChI=1S/C35H46ClF2N5O5/c1-21-7-9-35(28-27(21)24(36)15-25(29(28)38)40-32(44)48-33(2,3)4)17-26-23(19-47-35)30(42-10-6-13-45-14-12-42)41-31(39-26)46-20-34-8-5-11-43(34)18-22(37)16-34/h15,21-22H,5-14,16-20H2,1-4H3,(H,40,44)/t21?,22-,34+,35?/m1/s1. The topological polar surface area (TPSA) is 98.3 Å². The number of nitrogens with zero attached hydrogens (tertiary/aromatic N) is 4. The highest BCUT2D eigenvalue weighted by molar-refractivity contribution is 6.32. The van der Waals surface area contributed by atoms with Crippen LogP contribution >= 0.6 is 11.6 Å². The minimum Gasteiger partial charge on any atom is -0.461 e. The first-order chi connectivity index (χ1) is 22.9. The van der Waals surface area contributed by atoms with Crippen molar-refractivity contribution in [3.8, 4) is 6.01 Å². The van der Waals surface area contributed by atoms with Crippen molar-refractivity contribution < 1.29 is 32.5 Å². The fourth-order valence-corrected chi connectivity index (χ4v) is 8.75. The molecule has 1 aromatic heterocycles. The van der Waals surface area contributed by atoms with Gasteiger partial charge in [0.1, 0.15) is 29.8 Å². The second kappa shape index (κ2) is 12.8. The zero-order chi connectivity index (χ0) is 33.8. The van der Waals surface area contributed by atoms with Crippen LogP contribution in [0.2, 0.25) is 5.02 Å². The molecule has 13 heteroatoms. The highest BCUT2D eigenvalue weighted by Gasteiger charge is 2.50. The number of alkyl halides is 1. The summed E-state index contributed by atoms with van der Waals surface area (Å²) in [5, 5.41) is 2.93. The molecule has 3 saturated heterocycles. The number of hydrogen-bond donors (Lipinski definition) is 1. The molecule has 2 unspecified atom stereocenters. The molecule has 0 saturated carbocycles. The smallest absolute Gasteiger partial charge is 0.412 e. The van der Waals surface area contributed by atoms with Gasteiger partial charge < -0.3 is 23.8 Å². The van der Waals surface area contributed by atoms with Gasteiger partial charge in [-0.15, -0.1) is 0 Å². The molecule has 0 bridgehead atoms. The normalized spacial score (nSPS) is 28.9. The molecule has 7 rings (SSSR count). The van der Waals surface area contributed by atoms with E-state index < -0.39 is 29.3 Å². The third-order valence-corrected chi connectivity index (χ3v) is 10.9. The van der Waals surface area contributed by atoms with Crippen LogP contribution in [-0.2, 0) is 32.8 Å². The maximum atomic E-state index is 16.7. The van der Waals surface area contributed by atoms with Gasteiger partial charge >= 0.3 is 12.1 Å². The Bertz CT molecular complexity index is 1570. The largest absolute Gasteiger partial charge is 0.461 e. The Kier molecular flexibility index (Phi) is 9.00. The van der Waals surface area contributed by atoms with Crippen molar-refractivity contribution in [3.63, 3.8) is 0 Å². The van der Waals surface area contributed by atoms with E-state index in [2.05, 4.69) is 15.1 Å². The molecule has 1 amide bonds. The van der Waals surface area contributed by atoms with Crippen LogP contribution < -0.4 is 15.0 Å². The van der Waals surface area contributed by atoms with Gasteiger partial charge in [-0.25, -0.2) is 13.6 Å². The number of hydrogen-bond acceptors (Lipinski definition) is 9. The summed E-state index contributed by atoms with van der Waals surface area (Å²) in [6.07, 6.45) is 3.07. The van der Waals surface area contributed by atoms with Crippen molar-refractivity contribution in [1.82, 2.24) is 14.9 Å². The van der Waals surface area contributed by atoms with E-state index in [4.69, 9.17) is 40.5 Å². The zero-order valence-electron chi connectivity index (χ0n) is 28.3. The highest BCUT2D eigenvalue weighted by atomic mass is 35.5. The average molecular weight is 690 g/mol. The van der Waals surface area contributed by atoms with Gasteiger partial charge in [0.15, 0.2) is 5.82 Å². The second-order valence-electron chi connectivity index (χ2n) is 15.1. The number of amides is 1. The molecule has 5 aliphatic rings. The van der Waals surface area contributed by atoms with Gasteiger partial charge in [-0.2, -0.15) is 9.97 Å². The predicted molar refractivity (Wildman–Crippen MR) is 177 cm³/mol. The number of fused-ring (bicyclic) bond motifs is 4. The quantitative estimate of drug-likeness (QED) is 0.370. The van der Waals surface area contributed by atoms with Gasteiger partial charge in [0.2, 0.25) is 0 Å². The lowest BCUT2D eigenvalue weighted by molar-refractivity contribution is -0.0893. The molecule has 3 fully saturated rings. The van der Waals surface area contributed by atoms with Gasteiger partial charge in [-0.1, -0.05) is 18.5 Å². The summed E-state index contributed by atoms with van der Waals surface area (Å²) < 4.78 is 55.5. The van der Waals surface area contributed by atoms with Crippen molar-refractivity contribution in [1.29, 1.82) is 0 Å². The van der Waals surface area contributed by atoms with Gasteiger partial charge in [-0.3, -0.25) is 10.2 Å². The van der Waals surface area contributed by atoms with Crippen LogP contribution in [0.3, 0.4) is 0 Å². The minimum absolute atomic E-state index is 0.0236. The Morgan fingerprint density at radius 2 is 2.02 bits per heavy atom. The van der Waals surface area contributed by atoms with E-state index in [-0.39, 0.29) is 36.2 Å². The van der Waals surface area contributed by atoms with E-state index in [1.165, 1.54) is 6.07 Å². The van der Waals surface area contributed by atoms with Crippen molar-refractivity contribution >= 4 is 29.2 Å². The molecule has 0 radical (unpaired) electrons. The summed E-state index contributed by atoms with van der Waals surface area (Å²) >= 11 is 6.85. The molecule has 48 heavy (non-hydrogen) atoms. The molecule has 262 valence electrons. The number of rotatable bonds is 5. The lowest BCUT2D eigenvalue weighted by atomic mass is 9.70. The number of ether oxygens (including phenoxy) is 4. The fourth-order valence-electron chi connectivity index (χ4n) is 8.36. The molecule has 10 nitrogen and oxygen atoms in total. The van der Waals surface area contributed by atoms with Crippen LogP contribution in [-0.4, -0.2) is 84.3 Å². The van der Waals surface area contributed by atoms with Gasteiger partial charge in [0, 0.05) is 55.2 Å². The molecule has 1 N–H and O–H groups in total. The van der Waals surface area contributed by atoms with Crippen LogP contribution in [0.1, 0.15) is 94.5 Å². The third kappa shape index (κ3) is 6.33. The van der Waals surface area contributed by atoms with Crippen molar-refractivity contribution in [2.75, 3.05) is 56.2 Å². The molecular formula is C35H46ClF2N5O5. The van der Waals surface area contributed by atoms with E-state index in [9.17, 15) is 9.18 Å². The van der Waals surface area contributed by atoms with Crippen LogP contribution in [0.5, 0.6) is 6.01 Å². The number of carbonyl (C=O) groups is 1. The summed E-state index contributed by atoms with van der Waals surface area (Å²) in [6.45, 7) is 11.7. The lowest BCUT2D eigenvalue weighted by Gasteiger charge is -2.45. The predicted octanol–water partition coefficient (Wildman–Crippen LogP) is 6.66. The Hall–Kier alpha value is -2.80. The van der Waals surface area contributed by atoms with E-state index in [0.29, 0.717) is 61.9 Å². The third-order valence-electron chi connectivity index (χ3n) is 10.6. The molecule has 1 aliphatic carbocycles. The van der Waals surface area contributed by atoms with E-state index in [0.717, 1.165) is 55.8 Å². The first kappa shape index (κ1) is 33.7. The van der Waals surface area contributed by atoms with Crippen molar-refractivity contribution in [2.45, 2.75) is 108 Å². The molecule has 5 heterocycles. The number of benzene rings is 1. The molecule has 2 aromatic rings. The summed E-state index contributed by atoms with van der Waals surface area (Å²) in [6, 6.07) is 1.69. The lowest BCUT2D eigenvalue weighted by Crippen LogP contribution is -2.44. The Balaban J connectivity index is 1.26. The number of nitrogens with one attached hydrogen (secondary N) is 1. The summed E-state index contributed by atoms with van der Waals surface area (Å²) in [4.78, 5) is 27.0. The minimum atomic E-state index is -1.08. The number of carbonyl (C=O) groups excluding carboxylic acids is 1. The first-order valence-corrected chi connectivity index (χ1v) is 17.6. The number of anilines is 2. The van der Waals surface area contributed by atoms with Gasteiger partial charge in [0.25, 0.3) is 0 Å². The summed E-state index contributed by atoms with van der Waals surface area (Å²) in [7, 11) is 0. The van der Waals surface area contributed by atoms with Crippen molar-refractivity contribution in [2.24, 2.45) is 0 Å². The second-order valence-corrected chi connectivity index (χ2v) is 15.5. The van der Waals surface area contributed by atoms with E-state index in [1.807, 2.05) is 6.92 Å². The Labute approximate surface area is 285 Å². The average Bonchev–Trinajstić information content (AvgIpc) is 3.40. The maximum Gasteiger partial charge on any atom is 0.412 e. The van der Waals surface area contributed by atoms with Crippen LogP contribution in [0, 0.1) is 5.82 Å². The number of halogens is 3. The van der Waals surface area contributed by atoms with E-state index in [1.54, 1.807) is 20.8 Å². The van der Waals surface area contributed by atoms with Gasteiger partial charge in [-0.05, 0) is 77.0 Å². The maximum absolute atomic E-state index is 16.7. The SMILES string of the molecule is CC1CCC2(Cc3nc(OC[C@@]45CCCN4C[C@H](F)C5)nc(N4CCCOCC4)c3CO2)c2c(F)c(NC(=O)OC(C)(C)C)cc(Cl)c21. The van der Waals surface area contributed by atoms with Crippen LogP contribution in [0.15, 0.2) is 6.07 Å². The molecule has 1 aromatic carbocycles. The fraction of sp³-hybridized carbons (Fsp3) is 0.686.